The smallest absolute Gasteiger partial charge is 0.223 e. The van der Waals surface area contributed by atoms with Crippen LogP contribution >= 0.6 is 24.8 Å². The summed E-state index contributed by atoms with van der Waals surface area (Å²) in [7, 11) is 0. The lowest BCUT2D eigenvalue weighted by Gasteiger charge is -2.37. The summed E-state index contributed by atoms with van der Waals surface area (Å²) < 4.78 is 0. The monoisotopic (exact) mass is 456 g/mol. The van der Waals surface area contributed by atoms with Crippen molar-refractivity contribution in [1.29, 1.82) is 0 Å². The normalized spacial score (nSPS) is 20.4. The van der Waals surface area contributed by atoms with Crippen molar-refractivity contribution in [3.8, 4) is 0 Å². The Morgan fingerprint density at radius 1 is 1.00 bits per heavy atom. The highest BCUT2D eigenvalue weighted by Crippen LogP contribution is 2.28. The third-order valence-electron chi connectivity index (χ3n) is 6.62. The fraction of sp³-hybridized carbons (Fsp3) is 0.696. The topological polar surface area (TPSA) is 38.8 Å². The van der Waals surface area contributed by atoms with E-state index >= 15 is 0 Å². The van der Waals surface area contributed by atoms with Crippen molar-refractivity contribution in [1.82, 2.24) is 15.1 Å². The maximum atomic E-state index is 12.6. The van der Waals surface area contributed by atoms with Crippen molar-refractivity contribution in [3.63, 3.8) is 0 Å². The Morgan fingerprint density at radius 3 is 2.33 bits per heavy atom. The largest absolute Gasteiger partial charge is 0.369 e. The van der Waals surface area contributed by atoms with Gasteiger partial charge in [0.15, 0.2) is 0 Å². The van der Waals surface area contributed by atoms with E-state index in [2.05, 4.69) is 51.2 Å². The van der Waals surface area contributed by atoms with Crippen molar-refractivity contribution < 1.29 is 4.79 Å². The van der Waals surface area contributed by atoms with Gasteiger partial charge in [0.25, 0.3) is 0 Å². The Morgan fingerprint density at radius 2 is 1.70 bits per heavy atom. The van der Waals surface area contributed by atoms with E-state index in [4.69, 9.17) is 0 Å². The van der Waals surface area contributed by atoms with Gasteiger partial charge in [-0.1, -0.05) is 12.1 Å². The number of hydrogen-bond donors (Lipinski definition) is 1. The zero-order chi connectivity index (χ0) is 19.3. The van der Waals surface area contributed by atoms with Gasteiger partial charge in [-0.15, -0.1) is 24.8 Å². The second-order valence-corrected chi connectivity index (χ2v) is 8.92. The molecule has 170 valence electrons. The van der Waals surface area contributed by atoms with E-state index in [0.717, 1.165) is 64.6 Å². The molecule has 3 aliphatic rings. The van der Waals surface area contributed by atoms with Crippen molar-refractivity contribution in [2.75, 3.05) is 57.3 Å². The van der Waals surface area contributed by atoms with Gasteiger partial charge in [0.2, 0.25) is 5.91 Å². The summed E-state index contributed by atoms with van der Waals surface area (Å²) >= 11 is 0. The summed E-state index contributed by atoms with van der Waals surface area (Å²) in [6.45, 7) is 10.3. The molecular weight excluding hydrogens is 419 g/mol. The van der Waals surface area contributed by atoms with Crippen LogP contribution in [-0.2, 0) is 4.79 Å². The van der Waals surface area contributed by atoms with Gasteiger partial charge < -0.3 is 15.1 Å². The van der Waals surface area contributed by atoms with Gasteiger partial charge in [-0.25, -0.2) is 0 Å². The molecule has 1 aliphatic carbocycles. The number of piperazine rings is 1. The molecule has 30 heavy (non-hydrogen) atoms. The van der Waals surface area contributed by atoms with Crippen LogP contribution in [0.15, 0.2) is 24.3 Å². The number of anilines is 1. The second kappa shape index (κ2) is 12.1. The molecule has 2 heterocycles. The summed E-state index contributed by atoms with van der Waals surface area (Å²) in [5.41, 5.74) is 2.64. The lowest BCUT2D eigenvalue weighted by atomic mass is 10.0. The van der Waals surface area contributed by atoms with Crippen LogP contribution < -0.4 is 10.2 Å². The third kappa shape index (κ3) is 7.30. The van der Waals surface area contributed by atoms with E-state index in [-0.39, 0.29) is 24.8 Å². The van der Waals surface area contributed by atoms with E-state index in [1.807, 2.05) is 0 Å². The van der Waals surface area contributed by atoms with Crippen LogP contribution in [0.5, 0.6) is 0 Å². The molecular formula is C23H38Cl2N4O. The number of benzene rings is 1. The van der Waals surface area contributed by atoms with Crippen LogP contribution in [-0.4, -0.2) is 74.1 Å². The summed E-state index contributed by atoms with van der Waals surface area (Å²) in [5, 5.41) is 3.70. The molecule has 1 aromatic carbocycles. The minimum Gasteiger partial charge on any atom is -0.369 e. The highest BCUT2D eigenvalue weighted by molar-refractivity contribution is 5.85. The second-order valence-electron chi connectivity index (χ2n) is 8.92. The Hall–Kier alpha value is -1.01. The molecule has 0 radical (unpaired) electrons. The van der Waals surface area contributed by atoms with Gasteiger partial charge in [0.05, 0.1) is 0 Å². The zero-order valence-corrected chi connectivity index (χ0v) is 19.9. The molecule has 2 saturated heterocycles. The number of nitrogens with zero attached hydrogens (tertiary/aromatic N) is 3. The number of rotatable bonds is 7. The molecule has 1 saturated carbocycles. The first-order chi connectivity index (χ1) is 13.7. The van der Waals surface area contributed by atoms with Gasteiger partial charge in [-0.05, 0) is 62.8 Å². The molecule has 0 bridgehead atoms. The molecule has 3 fully saturated rings. The molecule has 0 unspecified atom stereocenters. The van der Waals surface area contributed by atoms with Crippen molar-refractivity contribution in [2.24, 2.45) is 5.92 Å². The molecule has 1 N–H and O–H groups in total. The van der Waals surface area contributed by atoms with Gasteiger partial charge in [-0.3, -0.25) is 9.69 Å². The Labute approximate surface area is 194 Å². The number of nitrogens with one attached hydrogen (secondary N) is 1. The molecule has 1 amide bonds. The van der Waals surface area contributed by atoms with E-state index in [1.165, 1.54) is 30.6 Å². The highest BCUT2D eigenvalue weighted by atomic mass is 35.5. The lowest BCUT2D eigenvalue weighted by Crippen LogP contribution is -2.48. The fourth-order valence-corrected chi connectivity index (χ4v) is 4.45. The van der Waals surface area contributed by atoms with Crippen LogP contribution in [0.1, 0.15) is 37.7 Å². The summed E-state index contributed by atoms with van der Waals surface area (Å²) in [6, 6.07) is 9.38. The number of hydrogen-bond acceptors (Lipinski definition) is 4. The van der Waals surface area contributed by atoms with Gasteiger partial charge in [0.1, 0.15) is 0 Å². The molecule has 4 rings (SSSR count). The number of halogens is 2. The van der Waals surface area contributed by atoms with E-state index in [1.54, 1.807) is 0 Å². The maximum Gasteiger partial charge on any atom is 0.223 e. The van der Waals surface area contributed by atoms with Crippen molar-refractivity contribution in [2.45, 2.75) is 45.1 Å². The minimum atomic E-state index is 0. The fourth-order valence-electron chi connectivity index (χ4n) is 4.45. The van der Waals surface area contributed by atoms with Crippen LogP contribution in [0.2, 0.25) is 0 Å². The van der Waals surface area contributed by atoms with Crippen molar-refractivity contribution >= 4 is 36.4 Å². The maximum absolute atomic E-state index is 12.6. The molecule has 5 nitrogen and oxygen atoms in total. The molecule has 0 aromatic heterocycles. The predicted molar refractivity (Wildman–Crippen MR) is 129 cm³/mol. The van der Waals surface area contributed by atoms with E-state index in [0.29, 0.717) is 18.4 Å². The van der Waals surface area contributed by atoms with Crippen molar-refractivity contribution in [3.05, 3.63) is 29.8 Å². The summed E-state index contributed by atoms with van der Waals surface area (Å²) in [4.78, 5) is 19.6. The first kappa shape index (κ1) is 25.3. The number of amides is 1. The van der Waals surface area contributed by atoms with E-state index < -0.39 is 0 Å². The average Bonchev–Trinajstić information content (AvgIpc) is 3.56. The predicted octanol–water partition coefficient (Wildman–Crippen LogP) is 3.34. The molecule has 0 atom stereocenters. The number of piperidine rings is 1. The molecule has 2 aliphatic heterocycles. The Balaban J connectivity index is 0.00000160. The third-order valence-corrected chi connectivity index (χ3v) is 6.62. The summed E-state index contributed by atoms with van der Waals surface area (Å²) in [5.74, 6) is 1.28. The Kier molecular flexibility index (Phi) is 10.2. The molecule has 0 spiro atoms. The van der Waals surface area contributed by atoms with Gasteiger partial charge in [-0.2, -0.15) is 0 Å². The van der Waals surface area contributed by atoms with Gasteiger partial charge in [0, 0.05) is 64.0 Å². The van der Waals surface area contributed by atoms with E-state index in [9.17, 15) is 4.79 Å². The van der Waals surface area contributed by atoms with Gasteiger partial charge >= 0.3 is 0 Å². The van der Waals surface area contributed by atoms with Crippen LogP contribution in [0.4, 0.5) is 5.69 Å². The lowest BCUT2D eigenvalue weighted by molar-refractivity contribution is -0.132. The average molecular weight is 457 g/mol. The minimum absolute atomic E-state index is 0. The van der Waals surface area contributed by atoms with Crippen LogP contribution in [0.3, 0.4) is 0 Å². The number of likely N-dealkylation sites (tertiary alicyclic amines) is 1. The summed E-state index contributed by atoms with van der Waals surface area (Å²) in [6.07, 6.45) is 5.72. The first-order valence-corrected chi connectivity index (χ1v) is 11.2. The quantitative estimate of drug-likeness (QED) is 0.682. The van der Waals surface area contributed by atoms with Crippen LogP contribution in [0.25, 0.3) is 0 Å². The number of aryl methyl sites for hydroxylation is 1. The number of carbonyl (C=O) groups is 1. The molecule has 1 aromatic rings. The highest BCUT2D eigenvalue weighted by Gasteiger charge is 2.26. The SMILES string of the molecule is Cc1cccc(N2CCN(CCC(=O)N3CCC(NCC4CC4)CC3)CC2)c1.Cl.Cl. The number of carbonyl (C=O) groups excluding carboxylic acids is 1. The standard InChI is InChI=1S/C23H36N4O.2ClH/c1-19-3-2-4-22(17-19)26-15-13-25(14-16-26)10-9-23(28)27-11-7-21(8-12-27)24-18-20-5-6-20;;/h2-4,17,20-21,24H,5-16,18H2,1H3;2*1H. The van der Waals surface area contributed by atoms with Crippen LogP contribution in [0, 0.1) is 12.8 Å². The molecule has 7 heteroatoms. The zero-order valence-electron chi connectivity index (χ0n) is 18.2. The first-order valence-electron chi connectivity index (χ1n) is 11.2. The Bertz CT molecular complexity index is 654.